The van der Waals surface area contributed by atoms with Gasteiger partial charge in [0.15, 0.2) is 0 Å². The average molecular weight is 472 g/mol. The van der Waals surface area contributed by atoms with Gasteiger partial charge in [-0.05, 0) is 45.4 Å². The number of hydrogen-bond donors (Lipinski definition) is 2. The molecule has 9 heteroatoms. The fraction of sp³-hybridized carbons (Fsp3) is 0.375. The molecule has 0 aliphatic carbocycles. The van der Waals surface area contributed by atoms with Crippen LogP contribution in [0.25, 0.3) is 10.9 Å². The van der Waals surface area contributed by atoms with E-state index in [1.54, 1.807) is 45.9 Å². The van der Waals surface area contributed by atoms with Crippen molar-refractivity contribution in [3.8, 4) is 0 Å². The van der Waals surface area contributed by atoms with Crippen LogP contribution in [0.5, 0.6) is 0 Å². The number of ether oxygens (including phenoxy) is 1. The van der Waals surface area contributed by atoms with E-state index in [2.05, 4.69) is 10.3 Å². The molecule has 1 atom stereocenters. The van der Waals surface area contributed by atoms with E-state index >= 15 is 0 Å². The molecule has 0 saturated heterocycles. The summed E-state index contributed by atoms with van der Waals surface area (Å²) in [6, 6.07) is 14.3. The van der Waals surface area contributed by atoms with Gasteiger partial charge in [0.2, 0.25) is 0 Å². The van der Waals surface area contributed by atoms with Crippen LogP contribution in [-0.2, 0) is 11.3 Å². The number of amides is 1. The van der Waals surface area contributed by atoms with Crippen LogP contribution in [0.3, 0.4) is 0 Å². The zero-order chi connectivity index (χ0) is 24.2. The molecule has 8 nitrogen and oxygen atoms in total. The lowest BCUT2D eigenvalue weighted by Gasteiger charge is -2.30. The van der Waals surface area contributed by atoms with Gasteiger partial charge in [-0.2, -0.15) is 0 Å². The number of rotatable bonds is 7. The lowest BCUT2D eigenvalue weighted by atomic mass is 10.2. The Hall–Kier alpha value is -3.10. The fourth-order valence-electron chi connectivity index (χ4n) is 3.41. The van der Waals surface area contributed by atoms with Gasteiger partial charge in [-0.25, -0.2) is 14.5 Å². The first-order valence-electron chi connectivity index (χ1n) is 10.8. The number of fused-ring (bicyclic) bond motifs is 1. The van der Waals surface area contributed by atoms with Gasteiger partial charge in [-0.1, -0.05) is 48.0 Å². The average Bonchev–Trinajstić information content (AvgIpc) is 2.72. The Morgan fingerprint density at radius 3 is 2.55 bits per heavy atom. The Labute approximate surface area is 198 Å². The van der Waals surface area contributed by atoms with E-state index in [1.807, 2.05) is 35.3 Å². The molecule has 0 aliphatic rings. The second-order valence-electron chi connectivity index (χ2n) is 8.81. The topological polar surface area (TPSA) is 102 Å². The number of aromatic nitrogens is 2. The van der Waals surface area contributed by atoms with Gasteiger partial charge >= 0.3 is 6.09 Å². The van der Waals surface area contributed by atoms with E-state index in [0.717, 1.165) is 5.56 Å². The normalized spacial score (nSPS) is 12.4. The molecule has 3 aromatic rings. The van der Waals surface area contributed by atoms with Crippen LogP contribution in [0.2, 0.25) is 5.02 Å². The lowest BCUT2D eigenvalue weighted by molar-refractivity contribution is 0.0528. The Bertz CT molecular complexity index is 1170. The van der Waals surface area contributed by atoms with Crippen molar-refractivity contribution in [2.24, 2.45) is 5.73 Å². The molecule has 3 rings (SSSR count). The van der Waals surface area contributed by atoms with E-state index in [9.17, 15) is 9.59 Å². The van der Waals surface area contributed by atoms with Crippen molar-refractivity contribution < 1.29 is 9.53 Å². The maximum absolute atomic E-state index is 13.6. The molecular formula is C24H30ClN5O3. The lowest BCUT2D eigenvalue weighted by Crippen LogP contribution is -2.48. The summed E-state index contributed by atoms with van der Waals surface area (Å²) < 4.78 is 6.79. The molecular weight excluding hydrogens is 442 g/mol. The minimum absolute atomic E-state index is 0.243. The molecule has 1 amide bonds. The molecule has 2 aromatic carbocycles. The Morgan fingerprint density at radius 1 is 1.21 bits per heavy atom. The van der Waals surface area contributed by atoms with Crippen LogP contribution in [0.1, 0.15) is 45.1 Å². The first-order chi connectivity index (χ1) is 15.6. The smallest absolute Gasteiger partial charge is 0.407 e. The molecule has 3 N–H and O–H groups in total. The fourth-order valence-corrected chi connectivity index (χ4v) is 3.66. The monoisotopic (exact) mass is 471 g/mol. The first-order valence-corrected chi connectivity index (χ1v) is 11.2. The van der Waals surface area contributed by atoms with E-state index < -0.39 is 17.7 Å². The number of carbonyl (C=O) groups is 1. The van der Waals surface area contributed by atoms with Gasteiger partial charge in [0, 0.05) is 6.54 Å². The van der Waals surface area contributed by atoms with Gasteiger partial charge in [0.05, 0.1) is 35.1 Å². The highest BCUT2D eigenvalue weighted by atomic mass is 35.5. The minimum atomic E-state index is -0.605. The van der Waals surface area contributed by atoms with E-state index in [4.69, 9.17) is 22.1 Å². The molecule has 176 valence electrons. The number of alkyl carbamates (subject to hydrolysis) is 1. The highest BCUT2D eigenvalue weighted by Crippen LogP contribution is 2.20. The van der Waals surface area contributed by atoms with Crippen LogP contribution in [0, 0.1) is 0 Å². The Morgan fingerprint density at radius 2 is 1.91 bits per heavy atom. The minimum Gasteiger partial charge on any atom is -0.444 e. The van der Waals surface area contributed by atoms with Crippen molar-refractivity contribution in [2.45, 2.75) is 45.9 Å². The van der Waals surface area contributed by atoms with E-state index in [-0.39, 0.29) is 12.1 Å². The second kappa shape index (κ2) is 10.2. The molecule has 0 bridgehead atoms. The third-order valence-corrected chi connectivity index (χ3v) is 5.10. The summed E-state index contributed by atoms with van der Waals surface area (Å²) in [5, 5.41) is 5.20. The van der Waals surface area contributed by atoms with E-state index in [1.165, 1.54) is 4.68 Å². The molecule has 1 aromatic heterocycles. The van der Waals surface area contributed by atoms with Crippen LogP contribution in [-0.4, -0.2) is 34.4 Å². The number of hydrogen-bond acceptors (Lipinski definition) is 6. The molecule has 0 saturated carbocycles. The number of carbonyl (C=O) groups excluding carboxylic acids is 1. The van der Waals surface area contributed by atoms with Crippen molar-refractivity contribution in [3.63, 3.8) is 0 Å². The van der Waals surface area contributed by atoms with Gasteiger partial charge < -0.3 is 20.8 Å². The molecule has 1 heterocycles. The van der Waals surface area contributed by atoms with Crippen molar-refractivity contribution in [2.75, 3.05) is 18.1 Å². The molecule has 33 heavy (non-hydrogen) atoms. The molecule has 0 aliphatic heterocycles. The van der Waals surface area contributed by atoms with Crippen molar-refractivity contribution in [3.05, 3.63) is 75.3 Å². The summed E-state index contributed by atoms with van der Waals surface area (Å²) in [4.78, 5) is 30.4. The number of nitrogens with two attached hydrogens (primary N) is 1. The Kier molecular flexibility index (Phi) is 7.61. The van der Waals surface area contributed by atoms with Crippen molar-refractivity contribution in [1.82, 2.24) is 15.0 Å². The summed E-state index contributed by atoms with van der Waals surface area (Å²) >= 11 is 6.36. The zero-order valence-electron chi connectivity index (χ0n) is 19.3. The predicted octanol–water partition coefficient (Wildman–Crippen LogP) is 3.73. The molecule has 0 spiro atoms. The standard InChI is InChI=1S/C24H30ClN5O3/c1-16(26)21-28-19-12-8-11-18(25)20(19)22(31)30(21)29(15-17-9-6-5-7-10-17)14-13-27-23(32)33-24(2,3)4/h5-12,16H,13-15,26H2,1-4H3,(H,27,32)/t16-/m0/s1. The first kappa shape index (κ1) is 24.5. The third kappa shape index (κ3) is 6.24. The number of halogens is 1. The van der Waals surface area contributed by atoms with Crippen LogP contribution in [0.15, 0.2) is 53.3 Å². The molecule has 0 radical (unpaired) electrons. The number of nitrogens with zero attached hydrogens (tertiary/aromatic N) is 3. The number of benzene rings is 2. The maximum Gasteiger partial charge on any atom is 0.407 e. The van der Waals surface area contributed by atoms with Gasteiger partial charge in [-0.3, -0.25) is 4.79 Å². The maximum atomic E-state index is 13.6. The molecule has 0 fully saturated rings. The Balaban J connectivity index is 2.01. The van der Waals surface area contributed by atoms with Gasteiger partial charge in [0.25, 0.3) is 5.56 Å². The third-order valence-electron chi connectivity index (χ3n) is 4.79. The summed E-state index contributed by atoms with van der Waals surface area (Å²) in [5.41, 5.74) is 6.77. The highest BCUT2D eigenvalue weighted by molar-refractivity contribution is 6.35. The largest absolute Gasteiger partial charge is 0.444 e. The van der Waals surface area contributed by atoms with E-state index in [0.29, 0.717) is 34.8 Å². The summed E-state index contributed by atoms with van der Waals surface area (Å²) in [6.07, 6.45) is -0.526. The van der Waals surface area contributed by atoms with Gasteiger partial charge in [0.1, 0.15) is 11.4 Å². The quantitative estimate of drug-likeness (QED) is 0.544. The van der Waals surface area contributed by atoms with Crippen LogP contribution < -0.4 is 21.6 Å². The molecule has 0 unspecified atom stereocenters. The summed E-state index contributed by atoms with van der Waals surface area (Å²) in [7, 11) is 0. The second-order valence-corrected chi connectivity index (χ2v) is 9.22. The van der Waals surface area contributed by atoms with Gasteiger partial charge in [-0.15, -0.1) is 0 Å². The summed E-state index contributed by atoms with van der Waals surface area (Å²) in [5.74, 6) is 0.406. The van der Waals surface area contributed by atoms with Crippen LogP contribution >= 0.6 is 11.6 Å². The van der Waals surface area contributed by atoms with Crippen LogP contribution in [0.4, 0.5) is 4.79 Å². The SMILES string of the molecule is C[C@H](N)c1nc2cccc(Cl)c2c(=O)n1N(CCNC(=O)OC(C)(C)C)Cc1ccccc1. The van der Waals surface area contributed by atoms with Crippen molar-refractivity contribution >= 4 is 28.6 Å². The highest BCUT2D eigenvalue weighted by Gasteiger charge is 2.21. The number of nitrogens with one attached hydrogen (secondary N) is 1. The van der Waals surface area contributed by atoms with Crippen molar-refractivity contribution in [1.29, 1.82) is 0 Å². The zero-order valence-corrected chi connectivity index (χ0v) is 20.1. The summed E-state index contributed by atoms with van der Waals surface area (Å²) in [6.45, 7) is 8.12. The predicted molar refractivity (Wildman–Crippen MR) is 131 cm³/mol.